The Bertz CT molecular complexity index is 99.4. The predicted octanol–water partition coefficient (Wildman–Crippen LogP) is 2.01. The number of thioether (sulfide) groups is 1. The number of nitrogens with two attached hydrogens (primary N) is 1. The zero-order valence-electron chi connectivity index (χ0n) is 6.73. The summed E-state index contributed by atoms with van der Waals surface area (Å²) in [5.74, 6) is 0. The molecule has 0 aromatic rings. The van der Waals surface area contributed by atoms with Gasteiger partial charge < -0.3 is 5.73 Å². The van der Waals surface area contributed by atoms with Gasteiger partial charge in [-0.3, -0.25) is 0 Å². The molecule has 1 aliphatic carbocycles. The van der Waals surface area contributed by atoms with Crippen LogP contribution in [0, 0.1) is 0 Å². The molecule has 0 amide bonds. The lowest BCUT2D eigenvalue weighted by atomic mass is 10.2. The minimum Gasteiger partial charge on any atom is -0.330 e. The van der Waals surface area contributed by atoms with Gasteiger partial charge in [-0.15, -0.1) is 0 Å². The van der Waals surface area contributed by atoms with Gasteiger partial charge >= 0.3 is 0 Å². The van der Waals surface area contributed by atoms with Gasteiger partial charge in [0, 0.05) is 4.75 Å². The van der Waals surface area contributed by atoms with Gasteiger partial charge in [-0.2, -0.15) is 11.8 Å². The molecule has 0 saturated heterocycles. The molecule has 0 atom stereocenters. The second-order valence-electron chi connectivity index (χ2n) is 3.13. The maximum atomic E-state index is 5.41. The Balaban J connectivity index is 2.01. The van der Waals surface area contributed by atoms with Crippen LogP contribution in [0.1, 0.15) is 32.1 Å². The van der Waals surface area contributed by atoms with Crippen molar-refractivity contribution >= 4 is 11.8 Å². The minimum atomic E-state index is 0.704. The van der Waals surface area contributed by atoms with Gasteiger partial charge in [0.05, 0.1) is 0 Å². The maximum absolute atomic E-state index is 5.41. The summed E-state index contributed by atoms with van der Waals surface area (Å²) in [6, 6.07) is 0. The molecule has 2 heteroatoms. The number of hydrogen-bond acceptors (Lipinski definition) is 2. The van der Waals surface area contributed by atoms with Crippen molar-refractivity contribution in [3.63, 3.8) is 0 Å². The Morgan fingerprint density at radius 2 is 2.10 bits per heavy atom. The summed E-state index contributed by atoms with van der Waals surface area (Å²) in [5, 5.41) is 0. The van der Waals surface area contributed by atoms with Crippen LogP contribution in [0.5, 0.6) is 0 Å². The zero-order valence-corrected chi connectivity index (χ0v) is 7.54. The average Bonchev–Trinajstić information content (AvgIpc) is 2.70. The highest BCUT2D eigenvalue weighted by molar-refractivity contribution is 8.00. The van der Waals surface area contributed by atoms with Gasteiger partial charge in [-0.25, -0.2) is 0 Å². The third-order valence-electron chi connectivity index (χ3n) is 2.33. The summed E-state index contributed by atoms with van der Waals surface area (Å²) in [4.78, 5) is 0. The Morgan fingerprint density at radius 3 is 2.50 bits per heavy atom. The van der Waals surface area contributed by atoms with Crippen molar-refractivity contribution < 1.29 is 0 Å². The van der Waals surface area contributed by atoms with Crippen molar-refractivity contribution in [3.05, 3.63) is 0 Å². The smallest absolute Gasteiger partial charge is 0.0158 e. The summed E-state index contributed by atoms with van der Waals surface area (Å²) < 4.78 is 0.704. The molecule has 0 bridgehead atoms. The average molecular weight is 159 g/mol. The van der Waals surface area contributed by atoms with Crippen molar-refractivity contribution in [2.45, 2.75) is 36.9 Å². The monoisotopic (exact) mass is 159 g/mol. The first-order chi connectivity index (χ1) is 4.83. The third-order valence-corrected chi connectivity index (χ3v) is 3.81. The highest BCUT2D eigenvalue weighted by Crippen LogP contribution is 2.50. The molecule has 10 heavy (non-hydrogen) atoms. The highest BCUT2D eigenvalue weighted by atomic mass is 32.2. The van der Waals surface area contributed by atoms with Gasteiger partial charge in [-0.1, -0.05) is 6.42 Å². The van der Waals surface area contributed by atoms with Gasteiger partial charge in [0.1, 0.15) is 0 Å². The Labute approximate surface area is 67.8 Å². The highest BCUT2D eigenvalue weighted by Gasteiger charge is 2.40. The second kappa shape index (κ2) is 3.63. The molecule has 0 radical (unpaired) electrons. The molecule has 0 unspecified atom stereocenters. The maximum Gasteiger partial charge on any atom is 0.0158 e. The lowest BCUT2D eigenvalue weighted by Gasteiger charge is -2.09. The number of unbranched alkanes of at least 4 members (excludes halogenated alkanes) is 1. The van der Waals surface area contributed by atoms with Crippen LogP contribution < -0.4 is 5.73 Å². The van der Waals surface area contributed by atoms with E-state index in [9.17, 15) is 0 Å². The molecular weight excluding hydrogens is 142 g/mol. The minimum absolute atomic E-state index is 0.704. The molecule has 0 aliphatic heterocycles. The van der Waals surface area contributed by atoms with E-state index < -0.39 is 0 Å². The first-order valence-corrected chi connectivity index (χ1v) is 5.31. The fourth-order valence-corrected chi connectivity index (χ4v) is 2.15. The normalized spacial score (nSPS) is 21.0. The van der Waals surface area contributed by atoms with Crippen LogP contribution in [0.3, 0.4) is 0 Å². The first kappa shape index (κ1) is 8.41. The van der Waals surface area contributed by atoms with E-state index in [1.807, 2.05) is 11.8 Å². The van der Waals surface area contributed by atoms with Crippen molar-refractivity contribution in [1.29, 1.82) is 0 Å². The quantitative estimate of drug-likeness (QED) is 0.621. The molecule has 1 aliphatic rings. The van der Waals surface area contributed by atoms with Crippen molar-refractivity contribution in [1.82, 2.24) is 0 Å². The second-order valence-corrected chi connectivity index (χ2v) is 4.41. The summed E-state index contributed by atoms with van der Waals surface area (Å²) in [6.07, 6.45) is 9.05. The summed E-state index contributed by atoms with van der Waals surface area (Å²) >= 11 is 2.05. The van der Waals surface area contributed by atoms with E-state index in [0.717, 1.165) is 6.54 Å². The summed E-state index contributed by atoms with van der Waals surface area (Å²) in [5.41, 5.74) is 5.41. The summed E-state index contributed by atoms with van der Waals surface area (Å²) in [6.45, 7) is 0.866. The van der Waals surface area contributed by atoms with Crippen LogP contribution in [0.25, 0.3) is 0 Å². The van der Waals surface area contributed by atoms with E-state index in [0.29, 0.717) is 4.75 Å². The van der Waals surface area contributed by atoms with Crippen LogP contribution in [-0.4, -0.2) is 17.5 Å². The predicted molar refractivity (Wildman–Crippen MR) is 48.4 cm³/mol. The van der Waals surface area contributed by atoms with E-state index in [4.69, 9.17) is 5.73 Å². The van der Waals surface area contributed by atoms with E-state index in [2.05, 4.69) is 6.26 Å². The topological polar surface area (TPSA) is 26.0 Å². The van der Waals surface area contributed by atoms with E-state index in [1.54, 1.807) is 0 Å². The Kier molecular flexibility index (Phi) is 3.05. The van der Waals surface area contributed by atoms with E-state index in [-0.39, 0.29) is 0 Å². The molecule has 1 saturated carbocycles. The molecule has 1 rings (SSSR count). The van der Waals surface area contributed by atoms with Crippen LogP contribution in [0.4, 0.5) is 0 Å². The SMILES string of the molecule is CSC1(CCCCN)CC1. The van der Waals surface area contributed by atoms with Gasteiger partial charge in [0.25, 0.3) is 0 Å². The fraction of sp³-hybridized carbons (Fsp3) is 1.00. The molecule has 60 valence electrons. The zero-order chi connectivity index (χ0) is 7.45. The third kappa shape index (κ3) is 2.17. The van der Waals surface area contributed by atoms with Crippen molar-refractivity contribution in [3.8, 4) is 0 Å². The molecule has 2 N–H and O–H groups in total. The van der Waals surface area contributed by atoms with E-state index >= 15 is 0 Å². The van der Waals surface area contributed by atoms with Crippen molar-refractivity contribution in [2.24, 2.45) is 5.73 Å². The van der Waals surface area contributed by atoms with Gasteiger partial charge in [-0.05, 0) is 38.5 Å². The fourth-order valence-electron chi connectivity index (χ4n) is 1.29. The van der Waals surface area contributed by atoms with Gasteiger partial charge in [0.15, 0.2) is 0 Å². The van der Waals surface area contributed by atoms with E-state index in [1.165, 1.54) is 32.1 Å². The molecule has 0 aromatic carbocycles. The van der Waals surface area contributed by atoms with Crippen LogP contribution >= 0.6 is 11.8 Å². The Morgan fingerprint density at radius 1 is 1.40 bits per heavy atom. The largest absolute Gasteiger partial charge is 0.330 e. The van der Waals surface area contributed by atoms with Gasteiger partial charge in [0.2, 0.25) is 0 Å². The number of hydrogen-bond donors (Lipinski definition) is 1. The molecule has 0 heterocycles. The number of rotatable bonds is 5. The van der Waals surface area contributed by atoms with Crippen LogP contribution in [0.15, 0.2) is 0 Å². The molecule has 0 spiro atoms. The lowest BCUT2D eigenvalue weighted by molar-refractivity contribution is 0.661. The van der Waals surface area contributed by atoms with Crippen LogP contribution in [0.2, 0.25) is 0 Å². The lowest BCUT2D eigenvalue weighted by Crippen LogP contribution is -2.04. The standard InChI is InChI=1S/C8H17NS/c1-10-8(5-6-8)4-2-3-7-9/h2-7,9H2,1H3. The molecule has 0 aromatic heterocycles. The molecular formula is C8H17NS. The first-order valence-electron chi connectivity index (χ1n) is 4.08. The molecule has 1 fully saturated rings. The Hall–Kier alpha value is 0.310. The summed E-state index contributed by atoms with van der Waals surface area (Å²) in [7, 11) is 0. The van der Waals surface area contributed by atoms with Crippen molar-refractivity contribution in [2.75, 3.05) is 12.8 Å². The molecule has 1 nitrogen and oxygen atoms in total. The van der Waals surface area contributed by atoms with Crippen LogP contribution in [-0.2, 0) is 0 Å².